The van der Waals surface area contributed by atoms with Gasteiger partial charge < -0.3 is 10.1 Å². The van der Waals surface area contributed by atoms with E-state index < -0.39 is 11.6 Å². The summed E-state index contributed by atoms with van der Waals surface area (Å²) in [5, 5.41) is 2.96. The lowest BCUT2D eigenvalue weighted by Crippen LogP contribution is -2.40. The van der Waals surface area contributed by atoms with Crippen LogP contribution in [0, 0.1) is 11.6 Å². The maximum absolute atomic E-state index is 13.4. The molecule has 16 heavy (non-hydrogen) atoms. The quantitative estimate of drug-likeness (QED) is 0.863. The molecule has 1 aliphatic rings. The van der Waals surface area contributed by atoms with E-state index in [2.05, 4.69) is 21.2 Å². The predicted octanol–water partition coefficient (Wildman–Crippen LogP) is 3.32. The predicted molar refractivity (Wildman–Crippen MR) is 61.5 cm³/mol. The Kier molecular flexibility index (Phi) is 3.44. The molecule has 1 N–H and O–H groups in total. The fourth-order valence-electron chi connectivity index (χ4n) is 1.73. The van der Waals surface area contributed by atoms with Gasteiger partial charge in [-0.3, -0.25) is 0 Å². The van der Waals surface area contributed by atoms with E-state index >= 15 is 0 Å². The maximum atomic E-state index is 13.4. The molecule has 88 valence electrons. The van der Waals surface area contributed by atoms with Crippen molar-refractivity contribution in [3.05, 3.63) is 28.2 Å². The lowest BCUT2D eigenvalue weighted by atomic mass is 9.89. The van der Waals surface area contributed by atoms with E-state index in [1.165, 1.54) is 6.07 Å². The zero-order valence-electron chi connectivity index (χ0n) is 8.77. The van der Waals surface area contributed by atoms with E-state index in [0.29, 0.717) is 0 Å². The second-order valence-corrected chi connectivity index (χ2v) is 4.77. The van der Waals surface area contributed by atoms with Gasteiger partial charge in [0.2, 0.25) is 0 Å². The zero-order chi connectivity index (χ0) is 11.7. The Bertz CT molecular complexity index is 394. The molecule has 2 rings (SSSR count). The largest absolute Gasteiger partial charge is 0.381 e. The van der Waals surface area contributed by atoms with E-state index in [-0.39, 0.29) is 22.3 Å². The van der Waals surface area contributed by atoms with Crippen molar-refractivity contribution < 1.29 is 13.5 Å². The average molecular weight is 292 g/mol. The number of rotatable bonds is 3. The van der Waals surface area contributed by atoms with Crippen LogP contribution in [0.5, 0.6) is 0 Å². The summed E-state index contributed by atoms with van der Waals surface area (Å²) in [6.07, 6.45) is 1.89. The van der Waals surface area contributed by atoms with Crippen LogP contribution in [0.2, 0.25) is 0 Å². The van der Waals surface area contributed by atoms with Crippen molar-refractivity contribution in [2.45, 2.75) is 25.0 Å². The van der Waals surface area contributed by atoms with Crippen molar-refractivity contribution in [2.75, 3.05) is 12.4 Å². The van der Waals surface area contributed by atoms with Crippen LogP contribution >= 0.6 is 15.9 Å². The fourth-order valence-corrected chi connectivity index (χ4v) is 2.04. The van der Waals surface area contributed by atoms with Crippen molar-refractivity contribution in [1.29, 1.82) is 0 Å². The van der Waals surface area contributed by atoms with Gasteiger partial charge in [0.05, 0.1) is 16.3 Å². The highest BCUT2D eigenvalue weighted by molar-refractivity contribution is 9.10. The SMILES string of the molecule is COC1CC(Nc2cc(F)c(Br)cc2F)C1. The highest BCUT2D eigenvalue weighted by Crippen LogP contribution is 2.29. The molecule has 0 aromatic heterocycles. The molecule has 2 nitrogen and oxygen atoms in total. The molecule has 1 aromatic rings. The minimum atomic E-state index is -0.466. The molecule has 0 atom stereocenters. The lowest BCUT2D eigenvalue weighted by molar-refractivity contribution is 0.0328. The van der Waals surface area contributed by atoms with Crippen molar-refractivity contribution in [1.82, 2.24) is 0 Å². The zero-order valence-corrected chi connectivity index (χ0v) is 10.4. The van der Waals surface area contributed by atoms with Gasteiger partial charge in [-0.2, -0.15) is 0 Å². The molecule has 1 fully saturated rings. The van der Waals surface area contributed by atoms with Crippen LogP contribution in [0.15, 0.2) is 16.6 Å². The van der Waals surface area contributed by atoms with Gasteiger partial charge in [-0.1, -0.05) is 0 Å². The van der Waals surface area contributed by atoms with Crippen LogP contribution in [0.3, 0.4) is 0 Å². The van der Waals surface area contributed by atoms with Gasteiger partial charge in [-0.15, -0.1) is 0 Å². The van der Waals surface area contributed by atoms with E-state index in [1.54, 1.807) is 7.11 Å². The van der Waals surface area contributed by atoms with Crippen LogP contribution in [0.4, 0.5) is 14.5 Å². The standard InChI is InChI=1S/C11H12BrF2NO/c1-16-7-2-6(3-7)15-11-5-9(13)8(12)4-10(11)14/h4-7,15H,2-3H2,1H3. The van der Waals surface area contributed by atoms with Gasteiger partial charge in [-0.25, -0.2) is 8.78 Å². The lowest BCUT2D eigenvalue weighted by Gasteiger charge is -2.35. The molecule has 0 aliphatic heterocycles. The van der Waals surface area contributed by atoms with E-state index in [9.17, 15) is 8.78 Å². The summed E-state index contributed by atoms with van der Waals surface area (Å²) in [5.74, 6) is -0.916. The molecular formula is C11H12BrF2NO. The molecule has 0 amide bonds. The summed E-state index contributed by atoms with van der Waals surface area (Å²) in [6.45, 7) is 0. The second kappa shape index (κ2) is 4.67. The van der Waals surface area contributed by atoms with E-state index in [0.717, 1.165) is 18.9 Å². The minimum Gasteiger partial charge on any atom is -0.381 e. The summed E-state index contributed by atoms with van der Waals surface area (Å²) in [7, 11) is 1.65. The van der Waals surface area contributed by atoms with Gasteiger partial charge in [-0.05, 0) is 34.8 Å². The Morgan fingerprint density at radius 1 is 1.31 bits per heavy atom. The third-order valence-corrected chi connectivity index (χ3v) is 3.41. The second-order valence-electron chi connectivity index (χ2n) is 3.92. The van der Waals surface area contributed by atoms with E-state index in [4.69, 9.17) is 4.74 Å². The van der Waals surface area contributed by atoms with Gasteiger partial charge in [0, 0.05) is 19.2 Å². The minimum absolute atomic E-state index is 0.138. The van der Waals surface area contributed by atoms with Crippen LogP contribution in [0.25, 0.3) is 0 Å². The fraction of sp³-hybridized carbons (Fsp3) is 0.455. The molecule has 0 saturated heterocycles. The first kappa shape index (κ1) is 11.8. The molecule has 0 radical (unpaired) electrons. The molecule has 0 bridgehead atoms. The van der Waals surface area contributed by atoms with Gasteiger partial charge >= 0.3 is 0 Å². The molecule has 1 aliphatic carbocycles. The molecule has 1 saturated carbocycles. The van der Waals surface area contributed by atoms with E-state index in [1.807, 2.05) is 0 Å². The Morgan fingerprint density at radius 3 is 2.62 bits per heavy atom. The number of hydrogen-bond acceptors (Lipinski definition) is 2. The number of anilines is 1. The first-order chi connectivity index (χ1) is 7.60. The monoisotopic (exact) mass is 291 g/mol. The first-order valence-corrected chi connectivity index (χ1v) is 5.83. The van der Waals surface area contributed by atoms with Crippen LogP contribution < -0.4 is 5.32 Å². The Morgan fingerprint density at radius 2 is 2.00 bits per heavy atom. The summed E-state index contributed by atoms with van der Waals surface area (Å²) in [5.41, 5.74) is 0.209. The van der Waals surface area contributed by atoms with Gasteiger partial charge in [0.1, 0.15) is 11.6 Å². The normalized spacial score (nSPS) is 24.0. The smallest absolute Gasteiger partial charge is 0.147 e. The number of nitrogens with one attached hydrogen (secondary N) is 1. The third kappa shape index (κ3) is 2.35. The van der Waals surface area contributed by atoms with Gasteiger partial charge in [0.15, 0.2) is 0 Å². The number of methoxy groups -OCH3 is 1. The summed E-state index contributed by atoms with van der Waals surface area (Å²) >= 11 is 2.94. The van der Waals surface area contributed by atoms with Crippen LogP contribution in [0.1, 0.15) is 12.8 Å². The van der Waals surface area contributed by atoms with Crippen molar-refractivity contribution in [2.24, 2.45) is 0 Å². The highest BCUT2D eigenvalue weighted by atomic mass is 79.9. The van der Waals surface area contributed by atoms with Crippen LogP contribution in [-0.2, 0) is 4.74 Å². The van der Waals surface area contributed by atoms with Crippen molar-refractivity contribution in [3.8, 4) is 0 Å². The molecule has 0 unspecified atom stereocenters. The summed E-state index contributed by atoms with van der Waals surface area (Å²) in [4.78, 5) is 0. The molecule has 0 spiro atoms. The summed E-state index contributed by atoms with van der Waals surface area (Å²) in [6, 6.07) is 2.46. The molecule has 5 heteroatoms. The number of benzene rings is 1. The molecule has 0 heterocycles. The average Bonchev–Trinajstić information content (AvgIpc) is 2.18. The Labute approximate surface area is 101 Å². The van der Waals surface area contributed by atoms with Crippen molar-refractivity contribution in [3.63, 3.8) is 0 Å². The molecule has 1 aromatic carbocycles. The Balaban J connectivity index is 2.02. The first-order valence-electron chi connectivity index (χ1n) is 5.04. The van der Waals surface area contributed by atoms with Crippen LogP contribution in [-0.4, -0.2) is 19.3 Å². The molecular weight excluding hydrogens is 280 g/mol. The summed E-state index contributed by atoms with van der Waals surface area (Å²) < 4.78 is 31.9. The maximum Gasteiger partial charge on any atom is 0.147 e. The number of halogens is 3. The topological polar surface area (TPSA) is 21.3 Å². The number of ether oxygens (including phenoxy) is 1. The van der Waals surface area contributed by atoms with Gasteiger partial charge in [0.25, 0.3) is 0 Å². The third-order valence-electron chi connectivity index (χ3n) is 2.80. The Hall–Kier alpha value is -0.680. The number of hydrogen-bond donors (Lipinski definition) is 1. The highest BCUT2D eigenvalue weighted by Gasteiger charge is 2.29. The van der Waals surface area contributed by atoms with Crippen molar-refractivity contribution >= 4 is 21.6 Å².